The van der Waals surface area contributed by atoms with Gasteiger partial charge in [-0.05, 0) is 26.0 Å². The Kier molecular flexibility index (Phi) is 7.45. The van der Waals surface area contributed by atoms with E-state index in [0.717, 1.165) is 4.57 Å². The maximum absolute atomic E-state index is 14.0. The first kappa shape index (κ1) is 25.7. The summed E-state index contributed by atoms with van der Waals surface area (Å²) in [6.07, 6.45) is 1.33. The van der Waals surface area contributed by atoms with Crippen molar-refractivity contribution < 1.29 is 40.8 Å². The molecular weight excluding hydrogens is 529 g/mol. The van der Waals surface area contributed by atoms with Crippen LogP contribution in [-0.4, -0.2) is 72.3 Å². The van der Waals surface area contributed by atoms with E-state index in [4.69, 9.17) is 33.4 Å². The Bertz CT molecular complexity index is 1500. The molecule has 6 atom stereocenters. The van der Waals surface area contributed by atoms with Crippen molar-refractivity contribution in [2.24, 2.45) is 5.92 Å². The molecule has 1 saturated heterocycles. The molecule has 0 bridgehead atoms. The second kappa shape index (κ2) is 11.3. The van der Waals surface area contributed by atoms with Crippen LogP contribution in [0, 0.1) is 18.3 Å². The van der Waals surface area contributed by atoms with Gasteiger partial charge in [0.2, 0.25) is 5.95 Å². The van der Waals surface area contributed by atoms with Crippen LogP contribution in [0.5, 0.6) is 5.75 Å². The topological polar surface area (TPSA) is 181 Å². The summed E-state index contributed by atoms with van der Waals surface area (Å²) in [7, 11) is -4.53. The second-order valence-electron chi connectivity index (χ2n) is 9.21. The highest BCUT2D eigenvalue weighted by atomic mass is 31.2. The molecule has 4 N–H and O–H groups in total. The van der Waals surface area contributed by atoms with E-state index in [1.54, 1.807) is 32.0 Å². The van der Waals surface area contributed by atoms with Crippen LogP contribution < -0.4 is 10.3 Å². The van der Waals surface area contributed by atoms with Gasteiger partial charge in [0.05, 0.1) is 40.0 Å². The molecular formula is C25H30N5O8P. The number of nitrogens with zero attached hydrogens (tertiary/aromatic N) is 4. The number of para-hydroxylation sites is 1. The molecule has 39 heavy (non-hydrogen) atoms. The highest BCUT2D eigenvalue weighted by Gasteiger charge is 2.56. The van der Waals surface area contributed by atoms with E-state index in [-0.39, 0.29) is 22.9 Å². The molecule has 1 aromatic carbocycles. The predicted molar refractivity (Wildman–Crippen MR) is 139 cm³/mol. The number of terminal acetylenes is 1. The number of benzene rings is 1. The summed E-state index contributed by atoms with van der Waals surface area (Å²) in [4.78, 5) is 24.5. The molecule has 14 heteroatoms. The Balaban J connectivity index is 1.67. The zero-order chi connectivity index (χ0) is 30.2. The number of nitrogen functional groups attached to an aromatic ring is 1. The highest BCUT2D eigenvalue weighted by Crippen LogP contribution is 2.51. The molecule has 3 aromatic rings. The van der Waals surface area contributed by atoms with E-state index in [0.29, 0.717) is 0 Å². The van der Waals surface area contributed by atoms with E-state index in [1.807, 2.05) is 0 Å². The van der Waals surface area contributed by atoms with Crippen molar-refractivity contribution in [3.63, 3.8) is 0 Å². The molecule has 4 rings (SSSR count). The first-order chi connectivity index (χ1) is 19.2. The SMILES string of the molecule is [2H]C([2H])(O[P@@](=O)(C[C@@H](C)C(=O)OC(C)C)Oc1ccccc1)[C@H]1O[C@@H](n2cnc3cnc(N)nc32)C(O)(C#C)[C@H]1O. The standard InChI is InChI=1S/C25H30N5O8P/c1-5-25(33)20(31)19(37-23(25)30-14-28-18-11-27-24(26)29-21(18)30)12-35-39(34,38-17-9-7-6-8-10-17)13-16(4)22(32)36-15(2)3/h1,6-11,14-16,19-20,23,31,33H,12-13H2,2-4H3,(H2,26,27,29)/t16-,19-,20+,23-,25?,39+/m1/s1/i12D2. The van der Waals surface area contributed by atoms with Crippen molar-refractivity contribution in [1.82, 2.24) is 19.5 Å². The molecule has 1 aliphatic heterocycles. The van der Waals surface area contributed by atoms with Gasteiger partial charge in [-0.3, -0.25) is 13.9 Å². The van der Waals surface area contributed by atoms with Crippen LogP contribution >= 0.6 is 7.60 Å². The fourth-order valence-electron chi connectivity index (χ4n) is 3.86. The Hall–Kier alpha value is -3.53. The Morgan fingerprint density at radius 3 is 2.74 bits per heavy atom. The average Bonchev–Trinajstić information content (AvgIpc) is 3.41. The Labute approximate surface area is 227 Å². The van der Waals surface area contributed by atoms with Gasteiger partial charge >= 0.3 is 13.6 Å². The maximum Gasteiger partial charge on any atom is 0.380 e. The number of aliphatic hydroxyl groups excluding tert-OH is 1. The molecule has 1 unspecified atom stereocenters. The number of carbonyl (C=O) groups excluding carboxylic acids is 1. The Morgan fingerprint density at radius 2 is 2.08 bits per heavy atom. The fourth-order valence-corrected chi connectivity index (χ4v) is 5.57. The lowest BCUT2D eigenvalue weighted by molar-refractivity contribution is -0.151. The summed E-state index contributed by atoms with van der Waals surface area (Å²) < 4.78 is 54.5. The van der Waals surface area contributed by atoms with Crippen molar-refractivity contribution in [3.05, 3.63) is 42.9 Å². The van der Waals surface area contributed by atoms with E-state index in [9.17, 15) is 19.6 Å². The number of nitrogens with two attached hydrogens (primary N) is 1. The van der Waals surface area contributed by atoms with Crippen LogP contribution in [0.3, 0.4) is 0 Å². The lowest BCUT2D eigenvalue weighted by atomic mass is 9.95. The van der Waals surface area contributed by atoms with Gasteiger partial charge in [-0.2, -0.15) is 4.98 Å². The molecule has 13 nitrogen and oxygen atoms in total. The second-order valence-corrected chi connectivity index (χ2v) is 11.2. The largest absolute Gasteiger partial charge is 0.463 e. The lowest BCUT2D eigenvalue weighted by Gasteiger charge is -2.26. The van der Waals surface area contributed by atoms with Gasteiger partial charge in [-0.15, -0.1) is 6.42 Å². The van der Waals surface area contributed by atoms with Gasteiger partial charge in [0.25, 0.3) is 0 Å². The van der Waals surface area contributed by atoms with Crippen LogP contribution in [0.2, 0.25) is 0 Å². The first-order valence-electron chi connectivity index (χ1n) is 12.9. The van der Waals surface area contributed by atoms with Crippen molar-refractivity contribution in [1.29, 1.82) is 0 Å². The number of ether oxygens (including phenoxy) is 2. The lowest BCUT2D eigenvalue weighted by Crippen LogP contribution is -2.46. The molecule has 2 aromatic heterocycles. The van der Waals surface area contributed by atoms with Gasteiger partial charge in [0, 0.05) is 0 Å². The fraction of sp³-hybridized carbons (Fsp3) is 0.440. The molecule has 0 amide bonds. The molecule has 1 aliphatic rings. The normalized spacial score (nSPS) is 26.3. The van der Waals surface area contributed by atoms with E-state index < -0.39 is 62.3 Å². The summed E-state index contributed by atoms with van der Waals surface area (Å²) in [5, 5.41) is 22.3. The number of hydrogen-bond donors (Lipinski definition) is 3. The first-order valence-corrected chi connectivity index (χ1v) is 13.7. The van der Waals surface area contributed by atoms with Crippen molar-refractivity contribution in [2.45, 2.75) is 50.9 Å². The number of rotatable bonds is 10. The Morgan fingerprint density at radius 1 is 1.36 bits per heavy atom. The van der Waals surface area contributed by atoms with Gasteiger partial charge in [-0.25, -0.2) is 14.5 Å². The zero-order valence-electron chi connectivity index (χ0n) is 23.4. The predicted octanol–water partition coefficient (Wildman–Crippen LogP) is 1.91. The molecule has 1 fully saturated rings. The number of aromatic nitrogens is 4. The smallest absolute Gasteiger partial charge is 0.380 e. The van der Waals surface area contributed by atoms with Gasteiger partial charge in [-0.1, -0.05) is 31.0 Å². The number of fused-ring (bicyclic) bond motifs is 1. The third kappa shape index (κ3) is 6.06. The maximum atomic E-state index is 14.0. The van der Waals surface area contributed by atoms with Crippen LogP contribution in [0.1, 0.15) is 29.7 Å². The van der Waals surface area contributed by atoms with Crippen LogP contribution in [0.25, 0.3) is 11.2 Å². The summed E-state index contributed by atoms with van der Waals surface area (Å²) in [6, 6.07) is 7.81. The molecule has 208 valence electrons. The molecule has 0 spiro atoms. The minimum absolute atomic E-state index is 0.0733. The third-order valence-corrected chi connectivity index (χ3v) is 7.62. The van der Waals surface area contributed by atoms with Crippen molar-refractivity contribution in [2.75, 3.05) is 18.5 Å². The van der Waals surface area contributed by atoms with Crippen LogP contribution in [0.4, 0.5) is 5.95 Å². The molecule has 0 radical (unpaired) electrons. The monoisotopic (exact) mass is 561 g/mol. The number of imidazole rings is 1. The minimum atomic E-state index is -4.53. The zero-order valence-corrected chi connectivity index (χ0v) is 22.3. The van der Waals surface area contributed by atoms with E-state index >= 15 is 0 Å². The molecule has 0 aliphatic carbocycles. The highest BCUT2D eigenvalue weighted by molar-refractivity contribution is 7.54. The number of anilines is 1. The van der Waals surface area contributed by atoms with Crippen LogP contribution in [-0.2, 0) is 23.4 Å². The average molecular weight is 562 g/mol. The van der Waals surface area contributed by atoms with Crippen LogP contribution in [0.15, 0.2) is 42.9 Å². The van der Waals surface area contributed by atoms with Crippen molar-refractivity contribution in [3.8, 4) is 18.1 Å². The quantitative estimate of drug-likeness (QED) is 0.186. The van der Waals surface area contributed by atoms with E-state index in [1.165, 1.54) is 31.6 Å². The number of esters is 1. The van der Waals surface area contributed by atoms with Crippen molar-refractivity contribution >= 4 is 30.7 Å². The summed E-state index contributed by atoms with van der Waals surface area (Å²) >= 11 is 0. The van der Waals surface area contributed by atoms with Gasteiger partial charge < -0.3 is 29.9 Å². The number of carbonyl (C=O) groups is 1. The molecule has 0 saturated carbocycles. The summed E-state index contributed by atoms with van der Waals surface area (Å²) in [5.74, 6) is 0.268. The third-order valence-electron chi connectivity index (χ3n) is 5.76. The van der Waals surface area contributed by atoms with Gasteiger partial charge in [0.1, 0.15) is 23.5 Å². The number of hydrogen-bond acceptors (Lipinski definition) is 12. The number of aliphatic hydroxyl groups is 2. The summed E-state index contributed by atoms with van der Waals surface area (Å²) in [6.45, 7) is 1.63. The van der Waals surface area contributed by atoms with Gasteiger partial charge in [0.15, 0.2) is 17.5 Å². The van der Waals surface area contributed by atoms with E-state index in [2.05, 4.69) is 20.9 Å². The molecule has 3 heterocycles. The minimum Gasteiger partial charge on any atom is -0.463 e. The summed E-state index contributed by atoms with van der Waals surface area (Å²) in [5.41, 5.74) is 3.50.